The number of Topliss-reactive ketones (excluding diaryl/α,β-unsaturated/α-hetero) is 1. The fourth-order valence-electron chi connectivity index (χ4n) is 3.04. The van der Waals surface area contributed by atoms with E-state index < -0.39 is 0 Å². The Hall–Kier alpha value is -1.19. The van der Waals surface area contributed by atoms with Crippen molar-refractivity contribution in [1.29, 1.82) is 0 Å². The summed E-state index contributed by atoms with van der Waals surface area (Å²) in [5.41, 5.74) is 0. The summed E-state index contributed by atoms with van der Waals surface area (Å²) in [4.78, 5) is 36.1. The van der Waals surface area contributed by atoms with Gasteiger partial charge in [-0.1, -0.05) is 20.8 Å². The van der Waals surface area contributed by atoms with Gasteiger partial charge in [0.05, 0.1) is 0 Å². The first-order valence-electron chi connectivity index (χ1n) is 7.97. The van der Waals surface area contributed by atoms with Gasteiger partial charge in [-0.3, -0.25) is 19.3 Å². The normalized spacial score (nSPS) is 26.2. The van der Waals surface area contributed by atoms with E-state index in [1.807, 2.05) is 20.8 Å². The van der Waals surface area contributed by atoms with Crippen LogP contribution in [0.4, 0.5) is 0 Å². The summed E-state index contributed by atoms with van der Waals surface area (Å²) in [7, 11) is 0. The Bertz CT molecular complexity index is 341. The molecule has 0 atom stereocenters. The van der Waals surface area contributed by atoms with Gasteiger partial charge in [0.1, 0.15) is 5.78 Å². The van der Waals surface area contributed by atoms with Crippen molar-refractivity contribution in [1.82, 2.24) is 4.90 Å². The molecule has 1 aliphatic heterocycles. The lowest BCUT2D eigenvalue weighted by molar-refractivity contribution is -0.139. The zero-order chi connectivity index (χ0) is 15.1. The van der Waals surface area contributed by atoms with Crippen molar-refractivity contribution in [2.45, 2.75) is 65.7 Å². The maximum atomic E-state index is 11.6. The van der Waals surface area contributed by atoms with E-state index in [0.29, 0.717) is 37.5 Å². The van der Waals surface area contributed by atoms with Crippen molar-refractivity contribution in [2.24, 2.45) is 11.8 Å². The second kappa shape index (κ2) is 8.18. The number of ketones is 1. The summed E-state index contributed by atoms with van der Waals surface area (Å²) in [6.07, 6.45) is 5.16. The molecule has 1 heterocycles. The molecule has 0 spiro atoms. The van der Waals surface area contributed by atoms with Crippen molar-refractivity contribution >= 4 is 17.6 Å². The lowest BCUT2D eigenvalue weighted by Gasteiger charge is -2.29. The third-order valence-electron chi connectivity index (χ3n) is 4.25. The van der Waals surface area contributed by atoms with Gasteiger partial charge in [-0.15, -0.1) is 0 Å². The SMILES string of the molecule is CC.CCC(=O)C1CCC(CN2C(=O)CCC2=O)CC1. The fraction of sp³-hybridized carbons (Fsp3) is 0.812. The first-order valence-corrected chi connectivity index (χ1v) is 7.97. The van der Waals surface area contributed by atoms with Crippen molar-refractivity contribution in [3.63, 3.8) is 0 Å². The van der Waals surface area contributed by atoms with Gasteiger partial charge >= 0.3 is 0 Å². The molecule has 0 aromatic rings. The minimum absolute atomic E-state index is 0.0215. The highest BCUT2D eigenvalue weighted by molar-refractivity contribution is 6.01. The minimum Gasteiger partial charge on any atom is -0.299 e. The van der Waals surface area contributed by atoms with Gasteiger partial charge in [0, 0.05) is 31.7 Å². The highest BCUT2D eigenvalue weighted by Crippen LogP contribution is 2.31. The Balaban J connectivity index is 0.000000956. The molecule has 0 unspecified atom stereocenters. The Morgan fingerprint density at radius 2 is 1.55 bits per heavy atom. The predicted octanol–water partition coefficient (Wildman–Crippen LogP) is 2.95. The lowest BCUT2D eigenvalue weighted by Crippen LogP contribution is -2.36. The fourth-order valence-corrected chi connectivity index (χ4v) is 3.04. The second-order valence-corrected chi connectivity index (χ2v) is 5.44. The number of carbonyl (C=O) groups excluding carboxylic acids is 3. The molecule has 1 saturated heterocycles. The van der Waals surface area contributed by atoms with E-state index in [1.165, 1.54) is 4.90 Å². The monoisotopic (exact) mass is 281 g/mol. The van der Waals surface area contributed by atoms with E-state index in [2.05, 4.69) is 0 Å². The summed E-state index contributed by atoms with van der Waals surface area (Å²) < 4.78 is 0. The van der Waals surface area contributed by atoms with E-state index in [4.69, 9.17) is 0 Å². The molecule has 0 bridgehead atoms. The molecule has 2 rings (SSSR count). The zero-order valence-corrected chi connectivity index (χ0v) is 13.0. The predicted molar refractivity (Wildman–Crippen MR) is 78.0 cm³/mol. The average Bonchev–Trinajstić information content (AvgIpc) is 2.81. The van der Waals surface area contributed by atoms with Gasteiger partial charge in [0.25, 0.3) is 0 Å². The van der Waals surface area contributed by atoms with Crippen molar-refractivity contribution < 1.29 is 14.4 Å². The van der Waals surface area contributed by atoms with E-state index in [1.54, 1.807) is 0 Å². The van der Waals surface area contributed by atoms with Gasteiger partial charge in [-0.25, -0.2) is 0 Å². The summed E-state index contributed by atoms with van der Waals surface area (Å²) in [5, 5.41) is 0. The molecule has 1 aliphatic carbocycles. The topological polar surface area (TPSA) is 54.5 Å². The number of likely N-dealkylation sites (tertiary alicyclic amines) is 1. The van der Waals surface area contributed by atoms with Crippen LogP contribution in [0.15, 0.2) is 0 Å². The molecular weight excluding hydrogens is 254 g/mol. The van der Waals surface area contributed by atoms with Crippen LogP contribution in [0.1, 0.15) is 65.7 Å². The van der Waals surface area contributed by atoms with E-state index in [9.17, 15) is 14.4 Å². The van der Waals surface area contributed by atoms with E-state index >= 15 is 0 Å². The number of hydrogen-bond donors (Lipinski definition) is 0. The zero-order valence-electron chi connectivity index (χ0n) is 13.0. The molecule has 20 heavy (non-hydrogen) atoms. The summed E-state index contributed by atoms with van der Waals surface area (Å²) >= 11 is 0. The van der Waals surface area contributed by atoms with Gasteiger partial charge < -0.3 is 0 Å². The van der Waals surface area contributed by atoms with Crippen molar-refractivity contribution in [2.75, 3.05) is 6.54 Å². The average molecular weight is 281 g/mol. The molecule has 0 aromatic carbocycles. The van der Waals surface area contributed by atoms with Crippen molar-refractivity contribution in [3.8, 4) is 0 Å². The summed E-state index contributed by atoms with van der Waals surface area (Å²) in [6.45, 7) is 6.49. The molecule has 0 radical (unpaired) electrons. The Labute approximate surface area is 121 Å². The summed E-state index contributed by atoms with van der Waals surface area (Å²) in [5.74, 6) is 0.938. The molecule has 4 nitrogen and oxygen atoms in total. The quantitative estimate of drug-likeness (QED) is 0.744. The third kappa shape index (κ3) is 4.15. The van der Waals surface area contributed by atoms with Gasteiger partial charge in [0.15, 0.2) is 0 Å². The van der Waals surface area contributed by atoms with Gasteiger partial charge in [-0.2, -0.15) is 0 Å². The largest absolute Gasteiger partial charge is 0.299 e. The Morgan fingerprint density at radius 1 is 1.05 bits per heavy atom. The molecule has 1 saturated carbocycles. The maximum absolute atomic E-state index is 11.6. The number of rotatable bonds is 4. The number of amides is 2. The lowest BCUT2D eigenvalue weighted by atomic mass is 9.79. The molecule has 0 aromatic heterocycles. The first-order chi connectivity index (χ1) is 9.61. The minimum atomic E-state index is -0.0215. The highest BCUT2D eigenvalue weighted by Gasteiger charge is 2.33. The van der Waals surface area contributed by atoms with E-state index in [-0.39, 0.29) is 17.7 Å². The van der Waals surface area contributed by atoms with Crippen LogP contribution in [0.3, 0.4) is 0 Å². The van der Waals surface area contributed by atoms with Crippen molar-refractivity contribution in [3.05, 3.63) is 0 Å². The maximum Gasteiger partial charge on any atom is 0.229 e. The molecule has 114 valence electrons. The van der Waals surface area contributed by atoms with Gasteiger partial charge in [0.2, 0.25) is 11.8 Å². The summed E-state index contributed by atoms with van der Waals surface area (Å²) in [6, 6.07) is 0. The van der Waals surface area contributed by atoms with Crippen LogP contribution in [0.2, 0.25) is 0 Å². The molecular formula is C16H27NO3. The number of carbonyl (C=O) groups is 3. The van der Waals surface area contributed by atoms with Crippen LogP contribution < -0.4 is 0 Å². The Morgan fingerprint density at radius 3 is 2.00 bits per heavy atom. The highest BCUT2D eigenvalue weighted by atomic mass is 16.2. The molecule has 0 N–H and O–H groups in total. The molecule has 2 fully saturated rings. The Kier molecular flexibility index (Phi) is 6.89. The van der Waals surface area contributed by atoms with Crippen LogP contribution in [-0.2, 0) is 14.4 Å². The standard InChI is InChI=1S/C14H21NO3.C2H6/c1-2-12(16)11-5-3-10(4-6-11)9-15-13(17)7-8-14(15)18;1-2/h10-11H,2-9H2,1H3;1-2H3. The first kappa shape index (κ1) is 16.9. The van der Waals surface area contributed by atoms with Crippen LogP contribution in [0, 0.1) is 11.8 Å². The second-order valence-electron chi connectivity index (χ2n) is 5.44. The molecule has 4 heteroatoms. The molecule has 2 amide bonds. The van der Waals surface area contributed by atoms with Crippen LogP contribution in [0.5, 0.6) is 0 Å². The van der Waals surface area contributed by atoms with Crippen LogP contribution in [-0.4, -0.2) is 29.0 Å². The number of nitrogens with zero attached hydrogens (tertiary/aromatic N) is 1. The third-order valence-corrected chi connectivity index (χ3v) is 4.25. The van der Waals surface area contributed by atoms with E-state index in [0.717, 1.165) is 25.7 Å². The van der Waals surface area contributed by atoms with Crippen LogP contribution >= 0.6 is 0 Å². The van der Waals surface area contributed by atoms with Crippen LogP contribution in [0.25, 0.3) is 0 Å². The van der Waals surface area contributed by atoms with Gasteiger partial charge in [-0.05, 0) is 31.6 Å². The molecule has 2 aliphatic rings. The number of imide groups is 1. The number of hydrogen-bond acceptors (Lipinski definition) is 3. The smallest absolute Gasteiger partial charge is 0.229 e.